The molecule has 0 atom stereocenters. The highest BCUT2D eigenvalue weighted by atomic mass is 35.5. The van der Waals surface area contributed by atoms with E-state index in [0.717, 1.165) is 11.8 Å². The molecule has 0 aromatic heterocycles. The summed E-state index contributed by atoms with van der Waals surface area (Å²) in [5.74, 6) is -0.325. The van der Waals surface area contributed by atoms with E-state index in [4.69, 9.17) is 23.2 Å². The van der Waals surface area contributed by atoms with Gasteiger partial charge in [0.05, 0.1) is 0 Å². The molecule has 0 fully saturated rings. The molecule has 0 saturated heterocycles. The van der Waals surface area contributed by atoms with Crippen LogP contribution in [0.1, 0.15) is 21.5 Å². The first-order chi connectivity index (χ1) is 9.10. The molecule has 0 aliphatic heterocycles. The number of carbonyl (C=O) groups excluding carboxylic acids is 1. The molecule has 2 aromatic rings. The molecule has 0 spiro atoms. The Kier molecular flexibility index (Phi) is 4.56. The minimum absolute atomic E-state index is 0.325. The number of hydrogen-bond donors (Lipinski definition) is 0. The van der Waals surface area contributed by atoms with Crippen molar-refractivity contribution in [1.29, 1.82) is 0 Å². The van der Waals surface area contributed by atoms with Gasteiger partial charge in [0.25, 0.3) is 0 Å². The number of carbonyl (C=O) groups is 1. The van der Waals surface area contributed by atoms with Crippen molar-refractivity contribution in [2.75, 3.05) is 0 Å². The first-order valence-corrected chi connectivity index (χ1v) is 6.53. The van der Waals surface area contributed by atoms with E-state index in [1.165, 1.54) is 6.07 Å². The molecule has 0 heterocycles. The number of halogens is 3. The lowest BCUT2D eigenvalue weighted by Crippen LogP contribution is -1.98. The van der Waals surface area contributed by atoms with Gasteiger partial charge in [-0.25, -0.2) is 4.39 Å². The maximum Gasteiger partial charge on any atom is 0.150 e. The Bertz CT molecular complexity index is 611. The lowest BCUT2D eigenvalue weighted by molar-refractivity contribution is 0.112. The van der Waals surface area contributed by atoms with Crippen molar-refractivity contribution >= 4 is 29.5 Å². The van der Waals surface area contributed by atoms with Crippen LogP contribution in [0.2, 0.25) is 10.0 Å². The maximum atomic E-state index is 13.6. The smallest absolute Gasteiger partial charge is 0.150 e. The highest BCUT2D eigenvalue weighted by Crippen LogP contribution is 2.19. The first kappa shape index (κ1) is 14.0. The van der Waals surface area contributed by atoms with Gasteiger partial charge in [-0.2, -0.15) is 0 Å². The lowest BCUT2D eigenvalue weighted by atomic mass is 10.0. The fourth-order valence-corrected chi connectivity index (χ4v) is 2.24. The van der Waals surface area contributed by atoms with Crippen molar-refractivity contribution in [3.63, 3.8) is 0 Å². The summed E-state index contributed by atoms with van der Waals surface area (Å²) in [6, 6.07) is 9.74. The van der Waals surface area contributed by atoms with Crippen LogP contribution in [0, 0.1) is 5.82 Å². The lowest BCUT2D eigenvalue weighted by Gasteiger charge is -2.07. The molecule has 0 aliphatic carbocycles. The topological polar surface area (TPSA) is 17.1 Å². The third kappa shape index (κ3) is 3.55. The summed E-state index contributed by atoms with van der Waals surface area (Å²) in [6.07, 6.45) is 1.84. The number of aldehydes is 1. The third-order valence-electron chi connectivity index (χ3n) is 2.91. The summed E-state index contributed by atoms with van der Waals surface area (Å²) in [7, 11) is 0. The van der Waals surface area contributed by atoms with E-state index in [2.05, 4.69) is 0 Å². The van der Waals surface area contributed by atoms with Gasteiger partial charge in [-0.3, -0.25) is 4.79 Å². The van der Waals surface area contributed by atoms with E-state index in [0.29, 0.717) is 34.0 Å². The molecule has 0 radical (unpaired) electrons. The summed E-state index contributed by atoms with van der Waals surface area (Å²) < 4.78 is 13.6. The zero-order valence-electron chi connectivity index (χ0n) is 10.00. The standard InChI is InChI=1S/C15H11Cl2FO/c16-13-5-3-10(12(7-13)9-19)1-2-11-4-6-14(17)8-15(11)18/h3-9H,1-2H2. The molecule has 0 amide bonds. The van der Waals surface area contributed by atoms with Crippen molar-refractivity contribution < 1.29 is 9.18 Å². The summed E-state index contributed by atoms with van der Waals surface area (Å²) in [5.41, 5.74) is 1.98. The summed E-state index contributed by atoms with van der Waals surface area (Å²) in [4.78, 5) is 11.0. The van der Waals surface area contributed by atoms with Gasteiger partial charge in [0.2, 0.25) is 0 Å². The number of hydrogen-bond acceptors (Lipinski definition) is 1. The van der Waals surface area contributed by atoms with Crippen LogP contribution in [0.15, 0.2) is 36.4 Å². The second-order valence-corrected chi connectivity index (χ2v) is 5.07. The predicted molar refractivity (Wildman–Crippen MR) is 75.7 cm³/mol. The van der Waals surface area contributed by atoms with Crippen molar-refractivity contribution in [1.82, 2.24) is 0 Å². The summed E-state index contributed by atoms with van der Waals surface area (Å²) >= 11 is 11.5. The van der Waals surface area contributed by atoms with Gasteiger partial charge >= 0.3 is 0 Å². The average Bonchev–Trinajstić information content (AvgIpc) is 2.39. The average molecular weight is 297 g/mol. The molecule has 4 heteroatoms. The SMILES string of the molecule is O=Cc1cc(Cl)ccc1CCc1ccc(Cl)cc1F. The van der Waals surface area contributed by atoms with Crippen molar-refractivity contribution in [2.45, 2.75) is 12.8 Å². The Morgan fingerprint density at radius 2 is 1.53 bits per heavy atom. The van der Waals surface area contributed by atoms with Crippen molar-refractivity contribution in [3.8, 4) is 0 Å². The van der Waals surface area contributed by atoms with Gasteiger partial charge in [0, 0.05) is 15.6 Å². The van der Waals surface area contributed by atoms with Crippen LogP contribution < -0.4 is 0 Å². The fourth-order valence-electron chi connectivity index (χ4n) is 1.90. The second kappa shape index (κ2) is 6.18. The highest BCUT2D eigenvalue weighted by Gasteiger charge is 2.06. The molecule has 19 heavy (non-hydrogen) atoms. The van der Waals surface area contributed by atoms with Crippen LogP contribution in [0.5, 0.6) is 0 Å². The quantitative estimate of drug-likeness (QED) is 0.746. The van der Waals surface area contributed by atoms with Gasteiger partial charge in [-0.1, -0.05) is 35.3 Å². The molecule has 0 N–H and O–H groups in total. The van der Waals surface area contributed by atoms with Crippen LogP contribution in [-0.2, 0) is 12.8 Å². The largest absolute Gasteiger partial charge is 0.298 e. The Balaban J connectivity index is 2.16. The van der Waals surface area contributed by atoms with Crippen LogP contribution >= 0.6 is 23.2 Å². The van der Waals surface area contributed by atoms with E-state index in [-0.39, 0.29) is 5.82 Å². The molecule has 0 unspecified atom stereocenters. The van der Waals surface area contributed by atoms with Crippen LogP contribution in [0.4, 0.5) is 4.39 Å². The Hall–Kier alpha value is -1.38. The fraction of sp³-hybridized carbons (Fsp3) is 0.133. The molecule has 0 aliphatic rings. The normalized spacial score (nSPS) is 10.5. The van der Waals surface area contributed by atoms with Gasteiger partial charge < -0.3 is 0 Å². The van der Waals surface area contributed by atoms with Gasteiger partial charge in [0.15, 0.2) is 0 Å². The van der Waals surface area contributed by atoms with E-state index in [9.17, 15) is 9.18 Å². The molecule has 2 rings (SSSR count). The number of aryl methyl sites for hydroxylation is 2. The zero-order valence-corrected chi connectivity index (χ0v) is 11.5. The Morgan fingerprint density at radius 3 is 2.16 bits per heavy atom. The monoisotopic (exact) mass is 296 g/mol. The summed E-state index contributed by atoms with van der Waals surface area (Å²) in [6.45, 7) is 0. The molecule has 0 saturated carbocycles. The highest BCUT2D eigenvalue weighted by molar-refractivity contribution is 6.31. The Labute approximate surface area is 121 Å². The zero-order chi connectivity index (χ0) is 13.8. The minimum Gasteiger partial charge on any atom is -0.298 e. The van der Waals surface area contributed by atoms with Crippen LogP contribution in [-0.4, -0.2) is 6.29 Å². The molecular weight excluding hydrogens is 286 g/mol. The molecule has 98 valence electrons. The van der Waals surface area contributed by atoms with E-state index in [1.54, 1.807) is 30.3 Å². The molecular formula is C15H11Cl2FO. The van der Waals surface area contributed by atoms with Crippen LogP contribution in [0.3, 0.4) is 0 Å². The maximum absolute atomic E-state index is 13.6. The van der Waals surface area contributed by atoms with E-state index >= 15 is 0 Å². The summed E-state index contributed by atoms with van der Waals surface area (Å²) in [5, 5.41) is 0.893. The number of benzene rings is 2. The Morgan fingerprint density at radius 1 is 0.947 bits per heavy atom. The first-order valence-electron chi connectivity index (χ1n) is 5.77. The number of rotatable bonds is 4. The van der Waals surface area contributed by atoms with Gasteiger partial charge in [-0.15, -0.1) is 0 Å². The van der Waals surface area contributed by atoms with Crippen molar-refractivity contribution in [3.05, 3.63) is 69.0 Å². The molecule has 0 bridgehead atoms. The molecule has 1 nitrogen and oxygen atoms in total. The van der Waals surface area contributed by atoms with Gasteiger partial charge in [-0.05, 0) is 48.2 Å². The van der Waals surface area contributed by atoms with E-state index < -0.39 is 0 Å². The second-order valence-electron chi connectivity index (χ2n) is 4.20. The predicted octanol–water partition coefficient (Wildman–Crippen LogP) is 4.73. The van der Waals surface area contributed by atoms with Gasteiger partial charge in [0.1, 0.15) is 12.1 Å². The molecule has 2 aromatic carbocycles. The third-order valence-corrected chi connectivity index (χ3v) is 3.38. The van der Waals surface area contributed by atoms with Crippen LogP contribution in [0.25, 0.3) is 0 Å². The van der Waals surface area contributed by atoms with Crippen molar-refractivity contribution in [2.24, 2.45) is 0 Å². The minimum atomic E-state index is -0.325. The van der Waals surface area contributed by atoms with E-state index in [1.807, 2.05) is 0 Å².